The highest BCUT2D eigenvalue weighted by atomic mass is 31.2. The van der Waals surface area contributed by atoms with E-state index in [-0.39, 0.29) is 25.7 Å². The molecule has 0 fully saturated rings. The second-order valence-corrected chi connectivity index (χ2v) is 32.1. The van der Waals surface area contributed by atoms with Gasteiger partial charge >= 0.3 is 39.5 Å². The number of aliphatic hydroxyl groups is 1. The van der Waals surface area contributed by atoms with Crippen LogP contribution in [0.15, 0.2) is 0 Å². The number of carbonyl (C=O) groups excluding carboxylic acids is 4. The van der Waals surface area contributed by atoms with Gasteiger partial charge in [-0.1, -0.05) is 344 Å². The molecule has 0 aromatic rings. The zero-order chi connectivity index (χ0) is 70.9. The van der Waals surface area contributed by atoms with Crippen LogP contribution in [0.25, 0.3) is 0 Å². The number of esters is 4. The zero-order valence-electron chi connectivity index (χ0n) is 62.8. The molecule has 570 valence electrons. The molecule has 0 aliphatic carbocycles. The topological polar surface area (TPSA) is 237 Å². The highest BCUT2D eigenvalue weighted by molar-refractivity contribution is 7.47. The monoisotopic (exact) mass is 1410 g/mol. The summed E-state index contributed by atoms with van der Waals surface area (Å²) in [6.45, 7) is 11.9. The maximum Gasteiger partial charge on any atom is 0.472 e. The number of hydrogen-bond acceptors (Lipinski definition) is 15. The van der Waals surface area contributed by atoms with Gasteiger partial charge in [-0.15, -0.1) is 0 Å². The quantitative estimate of drug-likeness (QED) is 0.0222. The van der Waals surface area contributed by atoms with Gasteiger partial charge in [-0.2, -0.15) is 0 Å². The van der Waals surface area contributed by atoms with E-state index in [4.69, 9.17) is 37.0 Å². The van der Waals surface area contributed by atoms with Crippen LogP contribution >= 0.6 is 15.6 Å². The Hall–Kier alpha value is -1.94. The molecule has 17 nitrogen and oxygen atoms in total. The molecule has 0 aliphatic heterocycles. The van der Waals surface area contributed by atoms with Crippen molar-refractivity contribution in [1.29, 1.82) is 0 Å². The minimum Gasteiger partial charge on any atom is -0.462 e. The molecule has 0 heterocycles. The second-order valence-electron chi connectivity index (χ2n) is 29.2. The molecular formula is C77H150O17P2. The lowest BCUT2D eigenvalue weighted by Gasteiger charge is -2.21. The summed E-state index contributed by atoms with van der Waals surface area (Å²) in [5, 5.41) is 10.6. The van der Waals surface area contributed by atoms with Crippen molar-refractivity contribution in [1.82, 2.24) is 0 Å². The predicted octanol–water partition coefficient (Wildman–Crippen LogP) is 22.6. The lowest BCUT2D eigenvalue weighted by Crippen LogP contribution is -2.30. The van der Waals surface area contributed by atoms with Crippen LogP contribution in [0.3, 0.4) is 0 Å². The third-order valence-electron chi connectivity index (χ3n) is 17.9. The molecule has 0 saturated heterocycles. The Balaban J connectivity index is 5.24. The van der Waals surface area contributed by atoms with Crippen molar-refractivity contribution in [2.24, 2.45) is 17.8 Å². The molecule has 96 heavy (non-hydrogen) atoms. The number of phosphoric acid groups is 2. The van der Waals surface area contributed by atoms with Gasteiger partial charge in [0.2, 0.25) is 0 Å². The van der Waals surface area contributed by atoms with Gasteiger partial charge < -0.3 is 33.8 Å². The van der Waals surface area contributed by atoms with Crippen LogP contribution in [0.4, 0.5) is 0 Å². The number of unbranched alkanes of at least 4 members (excludes halogenated alkanes) is 43. The number of hydrogen-bond donors (Lipinski definition) is 3. The Morgan fingerprint density at radius 3 is 0.708 bits per heavy atom. The van der Waals surface area contributed by atoms with Crippen molar-refractivity contribution in [3.63, 3.8) is 0 Å². The van der Waals surface area contributed by atoms with E-state index in [1.165, 1.54) is 205 Å². The van der Waals surface area contributed by atoms with Crippen LogP contribution in [-0.2, 0) is 65.4 Å². The third-order valence-corrected chi connectivity index (χ3v) is 19.8. The van der Waals surface area contributed by atoms with E-state index in [0.29, 0.717) is 25.7 Å². The normalized spacial score (nSPS) is 14.1. The van der Waals surface area contributed by atoms with Crippen molar-refractivity contribution < 1.29 is 80.2 Å². The lowest BCUT2D eigenvalue weighted by molar-refractivity contribution is -0.161. The Morgan fingerprint density at radius 2 is 0.479 bits per heavy atom. The summed E-state index contributed by atoms with van der Waals surface area (Å²) in [6, 6.07) is 0. The van der Waals surface area contributed by atoms with E-state index in [1.54, 1.807) is 0 Å². The molecule has 0 aromatic heterocycles. The summed E-state index contributed by atoms with van der Waals surface area (Å²) < 4.78 is 68.6. The van der Waals surface area contributed by atoms with Crippen LogP contribution in [0.5, 0.6) is 0 Å². The van der Waals surface area contributed by atoms with Crippen molar-refractivity contribution in [3.05, 3.63) is 0 Å². The van der Waals surface area contributed by atoms with E-state index in [9.17, 15) is 43.2 Å². The molecule has 0 aliphatic rings. The van der Waals surface area contributed by atoms with Crippen LogP contribution < -0.4 is 0 Å². The zero-order valence-corrected chi connectivity index (χ0v) is 64.6. The molecule has 0 bridgehead atoms. The molecule has 0 aromatic carbocycles. The summed E-state index contributed by atoms with van der Waals surface area (Å²) in [7, 11) is -9.91. The first-order valence-electron chi connectivity index (χ1n) is 39.8. The van der Waals surface area contributed by atoms with Crippen molar-refractivity contribution in [3.8, 4) is 0 Å². The van der Waals surface area contributed by atoms with Crippen molar-refractivity contribution >= 4 is 39.5 Å². The average Bonchev–Trinajstić information content (AvgIpc) is 1.39. The highest BCUT2D eigenvalue weighted by Gasteiger charge is 2.30. The summed E-state index contributed by atoms with van der Waals surface area (Å²) >= 11 is 0. The second kappa shape index (κ2) is 67.5. The van der Waals surface area contributed by atoms with E-state index < -0.39 is 97.5 Å². The summed E-state index contributed by atoms with van der Waals surface area (Å²) in [5.74, 6) is 0.204. The molecule has 0 radical (unpaired) electrons. The smallest absolute Gasteiger partial charge is 0.462 e. The average molecular weight is 1410 g/mol. The maximum atomic E-state index is 13.1. The highest BCUT2D eigenvalue weighted by Crippen LogP contribution is 2.45. The number of phosphoric ester groups is 2. The standard InChI is InChI=1S/C77H150O17P2/c1-8-9-10-11-12-13-20-30-37-44-51-58-74(79)87-64-73(94-77(82)61-54-47-40-33-26-24-29-36-43-50-57-70(6)7)67-92-96(85,86)90-63-71(78)62-89-95(83,84)91-66-72(65-88-75(80)59-52-45-38-31-25-23-28-35-42-49-56-69(4)5)93-76(81)60-53-46-39-32-22-19-17-15-14-16-18-21-27-34-41-48-55-68(2)3/h68-73,78H,8-67H2,1-7H3,(H,83,84)(H,85,86)/t71-,72-,73-/m1/s1. The van der Waals surface area contributed by atoms with E-state index in [0.717, 1.165) is 108 Å². The summed E-state index contributed by atoms with van der Waals surface area (Å²) in [4.78, 5) is 72.9. The van der Waals surface area contributed by atoms with Gasteiger partial charge in [0.15, 0.2) is 12.2 Å². The van der Waals surface area contributed by atoms with Gasteiger partial charge in [0.05, 0.1) is 26.4 Å². The minimum atomic E-state index is -4.96. The van der Waals surface area contributed by atoms with E-state index >= 15 is 0 Å². The van der Waals surface area contributed by atoms with Crippen molar-refractivity contribution in [2.45, 2.75) is 414 Å². The Morgan fingerprint density at radius 1 is 0.281 bits per heavy atom. The maximum absolute atomic E-state index is 13.1. The molecule has 0 rings (SSSR count). The van der Waals surface area contributed by atoms with Crippen LogP contribution in [-0.4, -0.2) is 96.7 Å². The molecule has 0 saturated carbocycles. The number of carbonyl (C=O) groups is 4. The van der Waals surface area contributed by atoms with Gasteiger partial charge in [-0.05, 0) is 43.4 Å². The van der Waals surface area contributed by atoms with Crippen LogP contribution in [0.1, 0.15) is 395 Å². The molecule has 19 heteroatoms. The number of rotatable bonds is 75. The Labute approximate surface area is 588 Å². The lowest BCUT2D eigenvalue weighted by atomic mass is 10.0. The van der Waals surface area contributed by atoms with Gasteiger partial charge in [0.1, 0.15) is 19.3 Å². The SMILES string of the molecule is CCCCCCCCCCCCCC(=O)OC[C@H](COP(=O)(O)OC[C@H](O)COP(=O)(O)OC[C@@H](COC(=O)CCCCCCCCCCCCC(C)C)OC(=O)CCCCCCCCCCCCCCCCCCC(C)C)OC(=O)CCCCCCCCCCCCC(C)C. The molecule has 3 N–H and O–H groups in total. The molecule has 0 spiro atoms. The number of ether oxygens (including phenoxy) is 4. The molecule has 2 unspecified atom stereocenters. The van der Waals surface area contributed by atoms with Crippen molar-refractivity contribution in [2.75, 3.05) is 39.6 Å². The van der Waals surface area contributed by atoms with Crippen LogP contribution in [0, 0.1) is 17.8 Å². The fourth-order valence-corrected chi connectivity index (χ4v) is 13.4. The van der Waals surface area contributed by atoms with E-state index in [2.05, 4.69) is 48.5 Å². The third kappa shape index (κ3) is 70.5. The summed E-state index contributed by atoms with van der Waals surface area (Å²) in [5.41, 5.74) is 0. The fraction of sp³-hybridized carbons (Fsp3) is 0.948. The predicted molar refractivity (Wildman–Crippen MR) is 391 cm³/mol. The largest absolute Gasteiger partial charge is 0.472 e. The Bertz CT molecular complexity index is 1870. The van der Waals surface area contributed by atoms with E-state index in [1.807, 2.05) is 0 Å². The van der Waals surface area contributed by atoms with Gasteiger partial charge in [-0.25, -0.2) is 9.13 Å². The molecular weight excluding hydrogens is 1260 g/mol. The molecule has 5 atom stereocenters. The fourth-order valence-electron chi connectivity index (χ4n) is 11.8. The number of aliphatic hydroxyl groups excluding tert-OH is 1. The van der Waals surface area contributed by atoms with Crippen LogP contribution in [0.2, 0.25) is 0 Å². The minimum absolute atomic E-state index is 0.106. The van der Waals surface area contributed by atoms with Gasteiger partial charge in [-0.3, -0.25) is 37.3 Å². The summed E-state index contributed by atoms with van der Waals surface area (Å²) in [6.07, 6.45) is 54.0. The Kier molecular flexibility index (Phi) is 66.2. The van der Waals surface area contributed by atoms with Gasteiger partial charge in [0, 0.05) is 25.7 Å². The van der Waals surface area contributed by atoms with Gasteiger partial charge in [0.25, 0.3) is 0 Å². The first kappa shape index (κ1) is 94.1. The molecule has 0 amide bonds. The first-order valence-corrected chi connectivity index (χ1v) is 42.8. The first-order chi connectivity index (χ1) is 46.2.